The number of amides is 1. The molecule has 0 saturated heterocycles. The van der Waals surface area contributed by atoms with E-state index < -0.39 is 0 Å². The Hall–Kier alpha value is -2.89. The highest BCUT2D eigenvalue weighted by Crippen LogP contribution is 2.39. The van der Waals surface area contributed by atoms with Crippen molar-refractivity contribution in [1.82, 2.24) is 4.90 Å². The lowest BCUT2D eigenvalue weighted by Gasteiger charge is -2.37. The van der Waals surface area contributed by atoms with E-state index in [1.807, 2.05) is 48.2 Å². The molecule has 0 unspecified atom stereocenters. The third-order valence-corrected chi connectivity index (χ3v) is 5.09. The highest BCUT2D eigenvalue weighted by atomic mass is 16.5. The van der Waals surface area contributed by atoms with Crippen LogP contribution in [-0.4, -0.2) is 45.3 Å². The van der Waals surface area contributed by atoms with Gasteiger partial charge in [0.25, 0.3) is 0 Å². The van der Waals surface area contributed by atoms with Crippen molar-refractivity contribution in [2.75, 3.05) is 34.5 Å². The zero-order valence-electron chi connectivity index (χ0n) is 16.9. The van der Waals surface area contributed by atoms with Crippen molar-refractivity contribution in [2.24, 2.45) is 0 Å². The maximum absolute atomic E-state index is 12.6. The molecule has 0 radical (unpaired) electrons. The first-order valence-corrected chi connectivity index (χ1v) is 9.43. The Kier molecular flexibility index (Phi) is 6.29. The summed E-state index contributed by atoms with van der Waals surface area (Å²) in [7, 11) is 4.85. The Morgan fingerprint density at radius 1 is 1.00 bits per heavy atom. The number of nitrogens with zero attached hydrogens (tertiary/aromatic N) is 1. The first kappa shape index (κ1) is 19.9. The molecule has 1 aliphatic heterocycles. The number of rotatable bonds is 7. The van der Waals surface area contributed by atoms with Gasteiger partial charge in [0.05, 0.1) is 27.4 Å². The summed E-state index contributed by atoms with van der Waals surface area (Å²) in [6, 6.07) is 11.3. The summed E-state index contributed by atoms with van der Waals surface area (Å²) in [6.07, 6.45) is 1.22. The van der Waals surface area contributed by atoms with Crippen LogP contribution in [0, 0.1) is 0 Å². The molecule has 0 N–H and O–H groups in total. The second-order valence-electron chi connectivity index (χ2n) is 6.57. The topological polar surface area (TPSA) is 57.2 Å². The summed E-state index contributed by atoms with van der Waals surface area (Å²) in [5.41, 5.74) is 2.17. The van der Waals surface area contributed by atoms with Crippen molar-refractivity contribution in [2.45, 2.75) is 25.8 Å². The van der Waals surface area contributed by atoms with Crippen molar-refractivity contribution >= 4 is 5.91 Å². The van der Waals surface area contributed by atoms with Gasteiger partial charge >= 0.3 is 0 Å². The summed E-state index contributed by atoms with van der Waals surface area (Å²) >= 11 is 0. The lowest BCUT2D eigenvalue weighted by molar-refractivity contribution is -0.134. The van der Waals surface area contributed by atoms with Crippen LogP contribution in [0.1, 0.15) is 30.5 Å². The molecular formula is C22H27NO5. The minimum Gasteiger partial charge on any atom is -0.493 e. The molecule has 28 heavy (non-hydrogen) atoms. The normalized spacial score (nSPS) is 15.6. The molecular weight excluding hydrogens is 358 g/mol. The van der Waals surface area contributed by atoms with Crippen LogP contribution in [0.5, 0.6) is 23.0 Å². The van der Waals surface area contributed by atoms with Crippen LogP contribution in [0.2, 0.25) is 0 Å². The fourth-order valence-electron chi connectivity index (χ4n) is 3.62. The Labute approximate surface area is 166 Å². The zero-order chi connectivity index (χ0) is 20.1. The van der Waals surface area contributed by atoms with Crippen LogP contribution < -0.4 is 18.9 Å². The molecule has 0 aliphatic carbocycles. The molecule has 1 amide bonds. The summed E-state index contributed by atoms with van der Waals surface area (Å²) in [4.78, 5) is 14.5. The fraction of sp³-hybridized carbons (Fsp3) is 0.409. The number of ether oxygens (including phenoxy) is 4. The highest BCUT2D eigenvalue weighted by Gasteiger charge is 2.32. The van der Waals surface area contributed by atoms with Crippen LogP contribution in [0.3, 0.4) is 0 Å². The number of hydrogen-bond acceptors (Lipinski definition) is 5. The molecule has 150 valence electrons. The molecule has 6 heteroatoms. The van der Waals surface area contributed by atoms with E-state index in [0.29, 0.717) is 42.6 Å². The number of methoxy groups -OCH3 is 3. The molecule has 0 spiro atoms. The summed E-state index contributed by atoms with van der Waals surface area (Å²) in [5, 5.41) is 0. The van der Waals surface area contributed by atoms with Crippen molar-refractivity contribution in [1.29, 1.82) is 0 Å². The summed E-state index contributed by atoms with van der Waals surface area (Å²) < 4.78 is 22.4. The Morgan fingerprint density at radius 2 is 1.64 bits per heavy atom. The van der Waals surface area contributed by atoms with Gasteiger partial charge in [-0.05, 0) is 41.8 Å². The second-order valence-corrected chi connectivity index (χ2v) is 6.57. The minimum absolute atomic E-state index is 0.106. The molecule has 3 rings (SSSR count). The van der Waals surface area contributed by atoms with Gasteiger partial charge in [0.2, 0.25) is 5.91 Å². The standard InChI is InChI=1S/C22H27NO5/c1-5-22(24)23-11-10-15-12-20(26-3)21(27-4)13-16(15)17(23)14-28-19-9-7-6-8-18(19)25-2/h6-9,12-13,17H,5,10-11,14H2,1-4H3/t17-/m1/s1. The minimum atomic E-state index is -0.207. The molecule has 6 nitrogen and oxygen atoms in total. The first-order chi connectivity index (χ1) is 13.6. The smallest absolute Gasteiger partial charge is 0.222 e. The zero-order valence-corrected chi connectivity index (χ0v) is 16.9. The number of fused-ring (bicyclic) bond motifs is 1. The first-order valence-electron chi connectivity index (χ1n) is 9.43. The van der Waals surface area contributed by atoms with Gasteiger partial charge in [-0.2, -0.15) is 0 Å². The molecule has 1 aliphatic rings. The number of hydrogen-bond donors (Lipinski definition) is 0. The highest BCUT2D eigenvalue weighted by molar-refractivity contribution is 5.77. The van der Waals surface area contributed by atoms with Gasteiger partial charge in [0.15, 0.2) is 23.0 Å². The van der Waals surface area contributed by atoms with Crippen LogP contribution in [0.25, 0.3) is 0 Å². The van der Waals surface area contributed by atoms with E-state index in [1.54, 1.807) is 21.3 Å². The summed E-state index contributed by atoms with van der Waals surface area (Å²) in [5.74, 6) is 2.77. The maximum atomic E-state index is 12.6. The molecule has 2 aromatic rings. The quantitative estimate of drug-likeness (QED) is 0.729. The van der Waals surface area contributed by atoms with Crippen molar-refractivity contribution < 1.29 is 23.7 Å². The van der Waals surface area contributed by atoms with E-state index in [9.17, 15) is 4.79 Å². The predicted molar refractivity (Wildman–Crippen MR) is 106 cm³/mol. The third-order valence-electron chi connectivity index (χ3n) is 5.09. The summed E-state index contributed by atoms with van der Waals surface area (Å²) in [6.45, 7) is 2.86. The van der Waals surface area contributed by atoms with E-state index in [0.717, 1.165) is 17.5 Å². The predicted octanol–water partition coefficient (Wildman–Crippen LogP) is 3.63. The Balaban J connectivity index is 1.96. The van der Waals surface area contributed by atoms with Gasteiger partial charge in [0, 0.05) is 13.0 Å². The van der Waals surface area contributed by atoms with Crippen LogP contribution in [0.15, 0.2) is 36.4 Å². The van der Waals surface area contributed by atoms with Gasteiger partial charge < -0.3 is 23.8 Å². The average molecular weight is 385 g/mol. The molecule has 0 saturated carbocycles. The molecule has 1 atom stereocenters. The van der Waals surface area contributed by atoms with Crippen LogP contribution >= 0.6 is 0 Å². The number of benzene rings is 2. The van der Waals surface area contributed by atoms with E-state index >= 15 is 0 Å². The van der Waals surface area contributed by atoms with E-state index in [2.05, 4.69) is 0 Å². The second kappa shape index (κ2) is 8.87. The maximum Gasteiger partial charge on any atom is 0.222 e. The lowest BCUT2D eigenvalue weighted by Crippen LogP contribution is -2.42. The van der Waals surface area contributed by atoms with Crippen LogP contribution in [-0.2, 0) is 11.2 Å². The monoisotopic (exact) mass is 385 g/mol. The molecule has 0 aromatic heterocycles. The van der Waals surface area contributed by atoms with Gasteiger partial charge in [-0.25, -0.2) is 0 Å². The molecule has 0 bridgehead atoms. The van der Waals surface area contributed by atoms with Gasteiger partial charge in [-0.3, -0.25) is 4.79 Å². The SMILES string of the molecule is CCC(=O)N1CCc2cc(OC)c(OC)cc2[C@H]1COc1ccccc1OC. The molecule has 2 aromatic carbocycles. The van der Waals surface area contributed by atoms with E-state index in [-0.39, 0.29) is 11.9 Å². The van der Waals surface area contributed by atoms with Gasteiger partial charge in [-0.15, -0.1) is 0 Å². The van der Waals surface area contributed by atoms with Crippen molar-refractivity contribution in [3.05, 3.63) is 47.5 Å². The average Bonchev–Trinajstić information content (AvgIpc) is 2.75. The lowest BCUT2D eigenvalue weighted by atomic mass is 9.92. The molecule has 0 fully saturated rings. The molecule has 1 heterocycles. The van der Waals surface area contributed by atoms with Gasteiger partial charge in [0.1, 0.15) is 6.61 Å². The Morgan fingerprint density at radius 3 is 2.29 bits per heavy atom. The Bertz CT molecular complexity index is 836. The largest absolute Gasteiger partial charge is 0.493 e. The number of carbonyl (C=O) groups is 1. The number of para-hydroxylation sites is 2. The van der Waals surface area contributed by atoms with Crippen molar-refractivity contribution in [3.63, 3.8) is 0 Å². The number of carbonyl (C=O) groups excluding carboxylic acids is 1. The van der Waals surface area contributed by atoms with E-state index in [4.69, 9.17) is 18.9 Å². The van der Waals surface area contributed by atoms with Crippen molar-refractivity contribution in [3.8, 4) is 23.0 Å². The fourth-order valence-corrected chi connectivity index (χ4v) is 3.62. The van der Waals surface area contributed by atoms with Gasteiger partial charge in [-0.1, -0.05) is 19.1 Å². The van der Waals surface area contributed by atoms with E-state index in [1.165, 1.54) is 0 Å². The van der Waals surface area contributed by atoms with Crippen LogP contribution in [0.4, 0.5) is 0 Å². The third kappa shape index (κ3) is 3.86.